The number of benzene rings is 2. The molecule has 0 saturated heterocycles. The van der Waals surface area contributed by atoms with Crippen LogP contribution in [0.5, 0.6) is 17.2 Å². The highest BCUT2D eigenvalue weighted by Gasteiger charge is 2.27. The molecule has 7 nitrogen and oxygen atoms in total. The van der Waals surface area contributed by atoms with Crippen molar-refractivity contribution in [3.05, 3.63) is 59.4 Å². The van der Waals surface area contributed by atoms with Crippen molar-refractivity contribution in [3.63, 3.8) is 0 Å². The second kappa shape index (κ2) is 14.5. The van der Waals surface area contributed by atoms with Crippen LogP contribution in [0.4, 0.5) is 0 Å². The lowest BCUT2D eigenvalue weighted by atomic mass is 10.0. The van der Waals surface area contributed by atoms with Gasteiger partial charge in [-0.15, -0.1) is 0 Å². The number of ether oxygens (including phenoxy) is 3. The maximum Gasteiger partial charge on any atom is 0.311 e. The van der Waals surface area contributed by atoms with Crippen LogP contribution in [0.1, 0.15) is 81.9 Å². The van der Waals surface area contributed by atoms with Gasteiger partial charge in [-0.1, -0.05) is 64.0 Å². The van der Waals surface area contributed by atoms with E-state index in [1.54, 1.807) is 36.4 Å². The Morgan fingerprint density at radius 3 is 2.42 bits per heavy atom. The summed E-state index contributed by atoms with van der Waals surface area (Å²) in [5.41, 5.74) is 7.04. The van der Waals surface area contributed by atoms with E-state index in [2.05, 4.69) is 6.92 Å². The quantitative estimate of drug-likeness (QED) is 0.166. The van der Waals surface area contributed by atoms with Crippen LogP contribution in [-0.4, -0.2) is 35.4 Å². The monoisotopic (exact) mass is 497 g/mol. The summed E-state index contributed by atoms with van der Waals surface area (Å²) in [4.78, 5) is 12.3. The molecule has 0 radical (unpaired) electrons. The number of carbonyl (C=O) groups is 1. The summed E-state index contributed by atoms with van der Waals surface area (Å²) >= 11 is 0. The van der Waals surface area contributed by atoms with Crippen molar-refractivity contribution in [1.29, 1.82) is 0 Å². The molecule has 0 aliphatic carbocycles. The van der Waals surface area contributed by atoms with Crippen molar-refractivity contribution >= 4 is 12.0 Å². The zero-order chi connectivity index (χ0) is 25.8. The highest BCUT2D eigenvalue weighted by Crippen LogP contribution is 2.40. The van der Waals surface area contributed by atoms with Crippen molar-refractivity contribution in [3.8, 4) is 17.2 Å². The molecule has 2 aromatic rings. The molecular formula is C29H39NO6. The van der Waals surface area contributed by atoms with Gasteiger partial charge in [-0.2, -0.15) is 0 Å². The topological polar surface area (TPSA) is 111 Å². The molecule has 1 aliphatic heterocycles. The van der Waals surface area contributed by atoms with E-state index in [4.69, 9.17) is 19.9 Å². The highest BCUT2D eigenvalue weighted by molar-refractivity contribution is 5.73. The maximum absolute atomic E-state index is 12.3. The Labute approximate surface area is 213 Å². The summed E-state index contributed by atoms with van der Waals surface area (Å²) in [7, 11) is 0. The first kappa shape index (κ1) is 27.6. The molecule has 4 N–H and O–H groups in total. The molecule has 1 heterocycles. The minimum Gasteiger partial charge on any atom is -0.508 e. The fraction of sp³-hybridized carbons (Fsp3) is 0.483. The molecule has 0 aromatic heterocycles. The van der Waals surface area contributed by atoms with Gasteiger partial charge in [0.2, 0.25) is 0 Å². The Balaban J connectivity index is 1.60. The van der Waals surface area contributed by atoms with Gasteiger partial charge in [0.15, 0.2) is 6.10 Å². The first-order chi connectivity index (χ1) is 17.5. The summed E-state index contributed by atoms with van der Waals surface area (Å²) < 4.78 is 17.6. The van der Waals surface area contributed by atoms with Crippen LogP contribution in [-0.2, 0) is 9.53 Å². The Morgan fingerprint density at radius 1 is 1.03 bits per heavy atom. The van der Waals surface area contributed by atoms with Crippen LogP contribution in [0.15, 0.2) is 48.2 Å². The molecule has 0 fully saturated rings. The predicted octanol–water partition coefficient (Wildman–Crippen LogP) is 5.64. The second-order valence-corrected chi connectivity index (χ2v) is 9.24. The number of rotatable bonds is 15. The summed E-state index contributed by atoms with van der Waals surface area (Å²) in [5, 5.41) is 19.5. The average Bonchev–Trinajstić information content (AvgIpc) is 2.88. The normalized spacial score (nSPS) is 15.4. The molecule has 0 spiro atoms. The van der Waals surface area contributed by atoms with Crippen LogP contribution >= 0.6 is 0 Å². The van der Waals surface area contributed by atoms with E-state index in [-0.39, 0.29) is 24.9 Å². The van der Waals surface area contributed by atoms with E-state index in [0.717, 1.165) is 30.4 Å². The molecule has 196 valence electrons. The van der Waals surface area contributed by atoms with Crippen molar-refractivity contribution in [2.45, 2.75) is 76.9 Å². The van der Waals surface area contributed by atoms with Gasteiger partial charge in [0.1, 0.15) is 35.7 Å². The number of esters is 1. The molecule has 1 aliphatic rings. The van der Waals surface area contributed by atoms with Crippen LogP contribution in [0.3, 0.4) is 0 Å². The van der Waals surface area contributed by atoms with Crippen LogP contribution in [0.25, 0.3) is 6.08 Å². The van der Waals surface area contributed by atoms with Crippen LogP contribution in [0, 0.1) is 0 Å². The molecule has 2 atom stereocenters. The maximum atomic E-state index is 12.3. The van der Waals surface area contributed by atoms with E-state index < -0.39 is 12.2 Å². The fourth-order valence-electron chi connectivity index (χ4n) is 4.06. The number of fused-ring (bicyclic) bond motifs is 1. The average molecular weight is 498 g/mol. The number of phenols is 1. The summed E-state index contributed by atoms with van der Waals surface area (Å²) in [5.74, 6) is 1.39. The van der Waals surface area contributed by atoms with Gasteiger partial charge in [-0.25, -0.2) is 0 Å². The lowest BCUT2D eigenvalue weighted by Gasteiger charge is -2.28. The molecule has 36 heavy (non-hydrogen) atoms. The summed E-state index contributed by atoms with van der Waals surface area (Å²) in [6.07, 6.45) is 10.2. The van der Waals surface area contributed by atoms with Gasteiger partial charge in [-0.3, -0.25) is 4.79 Å². The fourth-order valence-corrected chi connectivity index (χ4v) is 4.06. The molecule has 7 heteroatoms. The van der Waals surface area contributed by atoms with Crippen molar-refractivity contribution < 1.29 is 29.2 Å². The van der Waals surface area contributed by atoms with E-state index in [1.807, 2.05) is 12.1 Å². The van der Waals surface area contributed by atoms with Gasteiger partial charge >= 0.3 is 5.97 Å². The lowest BCUT2D eigenvalue weighted by molar-refractivity contribution is -0.134. The highest BCUT2D eigenvalue weighted by atomic mass is 16.5. The Morgan fingerprint density at radius 2 is 1.72 bits per heavy atom. The lowest BCUT2D eigenvalue weighted by Crippen LogP contribution is -2.27. The minimum absolute atomic E-state index is 0.0318. The number of carbonyl (C=O) groups excluding carboxylic acids is 1. The molecule has 0 saturated carbocycles. The third-order valence-corrected chi connectivity index (χ3v) is 6.16. The van der Waals surface area contributed by atoms with Crippen molar-refractivity contribution in [1.82, 2.24) is 0 Å². The Hall–Kier alpha value is -3.03. The summed E-state index contributed by atoms with van der Waals surface area (Å²) in [6.45, 7) is 2.33. The zero-order valence-electron chi connectivity index (χ0n) is 21.2. The number of phenolic OH excluding ortho intramolecular Hbond substituents is 1. The molecule has 0 bridgehead atoms. The number of aliphatic hydroxyl groups excluding tert-OH is 1. The largest absolute Gasteiger partial charge is 0.508 e. The van der Waals surface area contributed by atoms with Gasteiger partial charge < -0.3 is 30.2 Å². The number of hydrogen-bond donors (Lipinski definition) is 3. The van der Waals surface area contributed by atoms with Crippen LogP contribution in [0.2, 0.25) is 0 Å². The van der Waals surface area contributed by atoms with Crippen molar-refractivity contribution in [2.24, 2.45) is 5.73 Å². The third kappa shape index (κ3) is 8.57. The van der Waals surface area contributed by atoms with E-state index in [9.17, 15) is 15.0 Å². The smallest absolute Gasteiger partial charge is 0.311 e. The van der Waals surface area contributed by atoms with E-state index in [0.29, 0.717) is 23.7 Å². The molecule has 2 aromatic carbocycles. The van der Waals surface area contributed by atoms with E-state index in [1.165, 1.54) is 32.1 Å². The molecule has 3 rings (SSSR count). The number of aromatic hydroxyl groups is 1. The van der Waals surface area contributed by atoms with Gasteiger partial charge in [0, 0.05) is 30.2 Å². The van der Waals surface area contributed by atoms with Crippen molar-refractivity contribution in [2.75, 3.05) is 13.2 Å². The Bertz CT molecular complexity index is 988. The number of aliphatic hydroxyl groups is 1. The first-order valence-electron chi connectivity index (χ1n) is 13.0. The van der Waals surface area contributed by atoms with Gasteiger partial charge in [-0.05, 0) is 36.8 Å². The third-order valence-electron chi connectivity index (χ3n) is 6.16. The number of nitrogens with two attached hydrogens (primary N) is 1. The minimum atomic E-state index is -0.796. The SMILES string of the molecule is CCCCCCCCCCC(=O)Oc1ccc2c(c1)OC(c1ccc(O)cc1)C(OCC(O)CN)=C2. The van der Waals surface area contributed by atoms with E-state index >= 15 is 0 Å². The van der Waals surface area contributed by atoms with Gasteiger partial charge in [0.25, 0.3) is 0 Å². The zero-order valence-corrected chi connectivity index (χ0v) is 21.2. The standard InChI is InChI=1S/C29H39NO6/c1-2-3-4-5-6-7-8-9-10-28(33)35-25-16-13-22-17-27(34-20-24(32)19-30)29(36-26(22)18-25)21-11-14-23(31)15-12-21/h11-18,24,29,31-32H,2-10,19-20,30H2,1H3. The second-order valence-electron chi connectivity index (χ2n) is 9.24. The first-order valence-corrected chi connectivity index (χ1v) is 13.0. The number of hydrogen-bond acceptors (Lipinski definition) is 7. The molecular weight excluding hydrogens is 458 g/mol. The van der Waals surface area contributed by atoms with Crippen LogP contribution < -0.4 is 15.2 Å². The number of unbranched alkanes of at least 4 members (excludes halogenated alkanes) is 7. The van der Waals surface area contributed by atoms with Gasteiger partial charge in [0.05, 0.1) is 0 Å². The molecule has 0 amide bonds. The molecule has 2 unspecified atom stereocenters. The Kier molecular flexibility index (Phi) is 11.1. The predicted molar refractivity (Wildman–Crippen MR) is 140 cm³/mol. The summed E-state index contributed by atoms with van der Waals surface area (Å²) in [6, 6.07) is 11.9.